The molecule has 0 aromatic heterocycles. The van der Waals surface area contributed by atoms with Gasteiger partial charge in [-0.25, -0.2) is 0 Å². The zero-order valence-corrected chi connectivity index (χ0v) is 8.18. The van der Waals surface area contributed by atoms with Crippen LogP contribution in [-0.4, -0.2) is 11.1 Å². The van der Waals surface area contributed by atoms with Gasteiger partial charge < -0.3 is 10.8 Å². The summed E-state index contributed by atoms with van der Waals surface area (Å²) in [6, 6.07) is 8.59. The van der Waals surface area contributed by atoms with Crippen LogP contribution in [0.15, 0.2) is 24.3 Å². The van der Waals surface area contributed by atoms with Crippen LogP contribution in [0, 0.1) is 11.3 Å². The predicted molar refractivity (Wildman–Crippen MR) is 55.0 cm³/mol. The molecule has 0 fully saturated rings. The van der Waals surface area contributed by atoms with E-state index in [0.717, 1.165) is 5.56 Å². The third kappa shape index (κ3) is 3.41. The normalized spacial score (nSPS) is 11.7. The Hall–Kier alpha value is -1.86. The van der Waals surface area contributed by atoms with Crippen molar-refractivity contribution >= 4 is 5.97 Å². The van der Waals surface area contributed by atoms with Gasteiger partial charge in [-0.1, -0.05) is 12.1 Å². The number of nitriles is 1. The largest absolute Gasteiger partial charge is 0.481 e. The van der Waals surface area contributed by atoms with Crippen molar-refractivity contribution in [1.82, 2.24) is 0 Å². The molecule has 0 saturated heterocycles. The van der Waals surface area contributed by atoms with E-state index in [1.165, 1.54) is 0 Å². The molecule has 15 heavy (non-hydrogen) atoms. The summed E-state index contributed by atoms with van der Waals surface area (Å²) in [6.45, 7) is 0. The van der Waals surface area contributed by atoms with E-state index in [0.29, 0.717) is 12.0 Å². The van der Waals surface area contributed by atoms with Crippen LogP contribution < -0.4 is 5.73 Å². The molecule has 1 unspecified atom stereocenters. The first kappa shape index (κ1) is 11.2. The van der Waals surface area contributed by atoms with Crippen molar-refractivity contribution in [3.8, 4) is 6.07 Å². The van der Waals surface area contributed by atoms with Gasteiger partial charge in [-0.2, -0.15) is 5.26 Å². The average molecular weight is 204 g/mol. The van der Waals surface area contributed by atoms with Gasteiger partial charge in [-0.3, -0.25) is 4.79 Å². The molecule has 1 rings (SSSR count). The smallest absolute Gasteiger partial charge is 0.303 e. The van der Waals surface area contributed by atoms with Crippen LogP contribution >= 0.6 is 0 Å². The Morgan fingerprint density at radius 2 is 2.07 bits per heavy atom. The fourth-order valence-corrected chi connectivity index (χ4v) is 1.25. The number of carbonyl (C=O) groups is 1. The second-order valence-corrected chi connectivity index (χ2v) is 3.27. The summed E-state index contributed by atoms with van der Waals surface area (Å²) in [4.78, 5) is 10.3. The van der Waals surface area contributed by atoms with Gasteiger partial charge in [0.15, 0.2) is 0 Å². The lowest BCUT2D eigenvalue weighted by Crippen LogP contribution is -2.12. The maximum Gasteiger partial charge on any atom is 0.303 e. The molecule has 0 aliphatic rings. The molecule has 0 spiro atoms. The fraction of sp³-hybridized carbons (Fsp3) is 0.273. The van der Waals surface area contributed by atoms with Gasteiger partial charge in [-0.15, -0.1) is 0 Å². The maximum absolute atomic E-state index is 10.3. The van der Waals surface area contributed by atoms with Gasteiger partial charge in [-0.05, 0) is 24.1 Å². The predicted octanol–water partition coefficient (Wildman–Crippen LogP) is 1.42. The van der Waals surface area contributed by atoms with Crippen LogP contribution in [-0.2, 0) is 4.79 Å². The van der Waals surface area contributed by atoms with Gasteiger partial charge in [0.05, 0.1) is 11.6 Å². The average Bonchev–Trinajstić information content (AvgIpc) is 2.26. The molecule has 3 N–H and O–H groups in total. The summed E-state index contributed by atoms with van der Waals surface area (Å²) in [5.74, 6) is -0.848. The van der Waals surface area contributed by atoms with E-state index in [1.807, 2.05) is 6.07 Å². The number of rotatable bonds is 4. The number of hydrogen-bond acceptors (Lipinski definition) is 3. The topological polar surface area (TPSA) is 87.1 Å². The molecule has 4 heteroatoms. The van der Waals surface area contributed by atoms with Crippen molar-refractivity contribution in [2.45, 2.75) is 18.9 Å². The molecule has 0 amide bonds. The Morgan fingerprint density at radius 1 is 1.47 bits per heavy atom. The third-order valence-corrected chi connectivity index (χ3v) is 2.14. The summed E-state index contributed by atoms with van der Waals surface area (Å²) in [6.07, 6.45) is 0.461. The maximum atomic E-state index is 10.3. The Morgan fingerprint density at radius 3 is 2.53 bits per heavy atom. The number of carboxylic acids is 1. The lowest BCUT2D eigenvalue weighted by atomic mass is 10.0. The van der Waals surface area contributed by atoms with E-state index in [2.05, 4.69) is 0 Å². The molecule has 0 aliphatic carbocycles. The van der Waals surface area contributed by atoms with E-state index >= 15 is 0 Å². The quantitative estimate of drug-likeness (QED) is 0.776. The van der Waals surface area contributed by atoms with Crippen LogP contribution in [0.2, 0.25) is 0 Å². The first-order chi connectivity index (χ1) is 7.13. The van der Waals surface area contributed by atoms with Crippen LogP contribution in [0.5, 0.6) is 0 Å². The van der Waals surface area contributed by atoms with E-state index in [1.54, 1.807) is 24.3 Å². The highest BCUT2D eigenvalue weighted by Crippen LogP contribution is 2.16. The van der Waals surface area contributed by atoms with Gasteiger partial charge >= 0.3 is 5.97 Å². The molecule has 4 nitrogen and oxygen atoms in total. The minimum atomic E-state index is -0.848. The third-order valence-electron chi connectivity index (χ3n) is 2.14. The number of aliphatic carboxylic acids is 1. The summed E-state index contributed by atoms with van der Waals surface area (Å²) in [5.41, 5.74) is 7.22. The molecule has 0 saturated carbocycles. The van der Waals surface area contributed by atoms with Crippen molar-refractivity contribution in [3.63, 3.8) is 0 Å². The highest BCUT2D eigenvalue weighted by Gasteiger charge is 2.07. The zero-order chi connectivity index (χ0) is 11.3. The summed E-state index contributed by atoms with van der Waals surface area (Å²) >= 11 is 0. The van der Waals surface area contributed by atoms with Crippen LogP contribution in [0.1, 0.15) is 30.0 Å². The van der Waals surface area contributed by atoms with Crippen molar-refractivity contribution in [3.05, 3.63) is 35.4 Å². The highest BCUT2D eigenvalue weighted by atomic mass is 16.4. The van der Waals surface area contributed by atoms with Crippen LogP contribution in [0.3, 0.4) is 0 Å². The molecule has 0 aliphatic heterocycles. The second kappa shape index (κ2) is 5.13. The SMILES string of the molecule is N#Cc1ccc(C(N)CCC(=O)O)cc1. The van der Waals surface area contributed by atoms with Gasteiger partial charge in [0.25, 0.3) is 0 Å². The Bertz CT molecular complexity index is 379. The van der Waals surface area contributed by atoms with Crippen molar-refractivity contribution in [2.24, 2.45) is 5.73 Å². The molecule has 1 atom stereocenters. The Labute approximate surface area is 87.9 Å². The molecule has 0 heterocycles. The van der Waals surface area contributed by atoms with E-state index in [-0.39, 0.29) is 12.5 Å². The molecule has 0 radical (unpaired) electrons. The van der Waals surface area contributed by atoms with E-state index in [9.17, 15) is 4.79 Å². The Balaban J connectivity index is 2.62. The number of hydrogen-bond donors (Lipinski definition) is 2. The van der Waals surface area contributed by atoms with Crippen molar-refractivity contribution < 1.29 is 9.90 Å². The molecular weight excluding hydrogens is 192 g/mol. The monoisotopic (exact) mass is 204 g/mol. The first-order valence-corrected chi connectivity index (χ1v) is 4.61. The molecule has 1 aromatic rings. The van der Waals surface area contributed by atoms with E-state index in [4.69, 9.17) is 16.1 Å². The number of carboxylic acid groups (broad SMARTS) is 1. The van der Waals surface area contributed by atoms with Crippen molar-refractivity contribution in [1.29, 1.82) is 5.26 Å². The highest BCUT2D eigenvalue weighted by molar-refractivity contribution is 5.66. The molecular formula is C11H12N2O2. The minimum Gasteiger partial charge on any atom is -0.481 e. The minimum absolute atomic E-state index is 0.0567. The Kier molecular flexibility index (Phi) is 3.83. The summed E-state index contributed by atoms with van der Waals surface area (Å²) in [5, 5.41) is 17.1. The lowest BCUT2D eigenvalue weighted by molar-refractivity contribution is -0.137. The van der Waals surface area contributed by atoms with Gasteiger partial charge in [0, 0.05) is 12.5 Å². The number of nitrogens with two attached hydrogens (primary N) is 1. The molecule has 0 bridgehead atoms. The molecule has 78 valence electrons. The van der Waals surface area contributed by atoms with E-state index < -0.39 is 5.97 Å². The summed E-state index contributed by atoms with van der Waals surface area (Å²) < 4.78 is 0. The number of nitrogens with zero attached hydrogens (tertiary/aromatic N) is 1. The van der Waals surface area contributed by atoms with Gasteiger partial charge in [0.1, 0.15) is 0 Å². The van der Waals surface area contributed by atoms with Gasteiger partial charge in [0.2, 0.25) is 0 Å². The first-order valence-electron chi connectivity index (χ1n) is 4.61. The van der Waals surface area contributed by atoms with Crippen LogP contribution in [0.4, 0.5) is 0 Å². The van der Waals surface area contributed by atoms with Crippen molar-refractivity contribution in [2.75, 3.05) is 0 Å². The standard InChI is InChI=1S/C11H12N2O2/c12-7-8-1-3-9(4-2-8)10(13)5-6-11(14)15/h1-4,10H,5-6,13H2,(H,14,15). The zero-order valence-electron chi connectivity index (χ0n) is 8.18. The van der Waals surface area contributed by atoms with Crippen LogP contribution in [0.25, 0.3) is 0 Å². The second-order valence-electron chi connectivity index (χ2n) is 3.27. The number of benzene rings is 1. The molecule has 1 aromatic carbocycles. The fourth-order valence-electron chi connectivity index (χ4n) is 1.25. The lowest BCUT2D eigenvalue weighted by Gasteiger charge is -2.10. The summed E-state index contributed by atoms with van der Waals surface area (Å²) in [7, 11) is 0.